The highest BCUT2D eigenvalue weighted by Crippen LogP contribution is 2.31. The number of anilines is 1. The summed E-state index contributed by atoms with van der Waals surface area (Å²) in [6.07, 6.45) is 6.95. The van der Waals surface area contributed by atoms with Gasteiger partial charge in [0, 0.05) is 12.2 Å². The predicted molar refractivity (Wildman–Crippen MR) is 69.0 cm³/mol. The van der Waals surface area contributed by atoms with E-state index in [0.29, 0.717) is 11.2 Å². The van der Waals surface area contributed by atoms with Crippen LogP contribution < -0.4 is 5.32 Å². The topological polar surface area (TPSA) is 24.9 Å². The molecule has 1 aromatic heterocycles. The van der Waals surface area contributed by atoms with Crippen LogP contribution in [0.1, 0.15) is 38.2 Å². The summed E-state index contributed by atoms with van der Waals surface area (Å²) in [4.78, 5) is 4.16. The van der Waals surface area contributed by atoms with Gasteiger partial charge >= 0.3 is 0 Å². The third kappa shape index (κ3) is 2.67. The summed E-state index contributed by atoms with van der Waals surface area (Å²) in [6.45, 7) is 4.31. The summed E-state index contributed by atoms with van der Waals surface area (Å²) >= 11 is 6.07. The quantitative estimate of drug-likeness (QED) is 0.805. The van der Waals surface area contributed by atoms with Crippen molar-refractivity contribution in [2.45, 2.75) is 45.6 Å². The van der Waals surface area contributed by atoms with Crippen molar-refractivity contribution < 1.29 is 0 Å². The SMILES string of the molecule is CCC1CCC(Nc2cc(C)cnc2Cl)C1. The van der Waals surface area contributed by atoms with Crippen molar-refractivity contribution in [2.75, 3.05) is 5.32 Å². The van der Waals surface area contributed by atoms with Crippen LogP contribution in [-0.4, -0.2) is 11.0 Å². The van der Waals surface area contributed by atoms with Gasteiger partial charge in [0.25, 0.3) is 0 Å². The number of pyridine rings is 1. The van der Waals surface area contributed by atoms with E-state index in [1.165, 1.54) is 25.7 Å². The maximum Gasteiger partial charge on any atom is 0.152 e. The number of hydrogen-bond acceptors (Lipinski definition) is 2. The first-order valence-electron chi connectivity index (χ1n) is 6.07. The molecule has 0 aliphatic heterocycles. The van der Waals surface area contributed by atoms with E-state index in [1.54, 1.807) is 6.20 Å². The molecule has 2 unspecified atom stereocenters. The molecule has 16 heavy (non-hydrogen) atoms. The molecule has 1 fully saturated rings. The van der Waals surface area contributed by atoms with E-state index in [0.717, 1.165) is 17.2 Å². The Kier molecular flexibility index (Phi) is 3.70. The van der Waals surface area contributed by atoms with Crippen LogP contribution in [0.3, 0.4) is 0 Å². The van der Waals surface area contributed by atoms with Crippen molar-refractivity contribution in [1.82, 2.24) is 4.98 Å². The van der Waals surface area contributed by atoms with E-state index < -0.39 is 0 Å². The lowest BCUT2D eigenvalue weighted by Crippen LogP contribution is -2.16. The van der Waals surface area contributed by atoms with Crippen LogP contribution in [0, 0.1) is 12.8 Å². The molecule has 3 heteroatoms. The van der Waals surface area contributed by atoms with Crippen LogP contribution in [0.4, 0.5) is 5.69 Å². The summed E-state index contributed by atoms with van der Waals surface area (Å²) in [6, 6.07) is 2.65. The second-order valence-corrected chi connectivity index (χ2v) is 5.14. The predicted octanol–water partition coefficient (Wildman–Crippen LogP) is 4.03. The highest BCUT2D eigenvalue weighted by molar-refractivity contribution is 6.31. The van der Waals surface area contributed by atoms with Gasteiger partial charge in [-0.3, -0.25) is 0 Å². The molecule has 88 valence electrons. The first kappa shape index (κ1) is 11.7. The molecule has 0 bridgehead atoms. The maximum atomic E-state index is 6.07. The number of halogens is 1. The zero-order chi connectivity index (χ0) is 11.5. The second-order valence-electron chi connectivity index (χ2n) is 4.78. The van der Waals surface area contributed by atoms with Crippen LogP contribution in [0.2, 0.25) is 5.15 Å². The van der Waals surface area contributed by atoms with Crippen molar-refractivity contribution in [3.05, 3.63) is 23.0 Å². The molecule has 1 aliphatic carbocycles. The fraction of sp³-hybridized carbons (Fsp3) is 0.615. The number of rotatable bonds is 3. The van der Waals surface area contributed by atoms with Crippen molar-refractivity contribution in [3.8, 4) is 0 Å². The number of aryl methyl sites for hydroxylation is 1. The molecular weight excluding hydrogens is 220 g/mol. The maximum absolute atomic E-state index is 6.07. The Labute approximate surface area is 102 Å². The third-order valence-corrected chi connectivity index (χ3v) is 3.76. The molecule has 2 atom stereocenters. The van der Waals surface area contributed by atoms with Gasteiger partial charge in [-0.2, -0.15) is 0 Å². The van der Waals surface area contributed by atoms with Crippen molar-refractivity contribution >= 4 is 17.3 Å². The molecule has 2 nitrogen and oxygen atoms in total. The van der Waals surface area contributed by atoms with Gasteiger partial charge in [-0.25, -0.2) is 4.98 Å². The minimum atomic E-state index is 0.575. The zero-order valence-electron chi connectivity index (χ0n) is 9.96. The van der Waals surface area contributed by atoms with E-state index in [4.69, 9.17) is 11.6 Å². The van der Waals surface area contributed by atoms with Gasteiger partial charge in [-0.15, -0.1) is 0 Å². The molecule has 1 aliphatic rings. The van der Waals surface area contributed by atoms with Gasteiger partial charge in [-0.05, 0) is 43.7 Å². The van der Waals surface area contributed by atoms with E-state index >= 15 is 0 Å². The minimum absolute atomic E-state index is 0.575. The Morgan fingerprint density at radius 3 is 3.00 bits per heavy atom. The summed E-state index contributed by atoms with van der Waals surface area (Å²) in [5, 5.41) is 4.11. The summed E-state index contributed by atoms with van der Waals surface area (Å²) in [5.41, 5.74) is 2.14. The summed E-state index contributed by atoms with van der Waals surface area (Å²) in [5.74, 6) is 0.883. The van der Waals surface area contributed by atoms with Crippen molar-refractivity contribution in [2.24, 2.45) is 5.92 Å². The first-order chi connectivity index (χ1) is 7.69. The average Bonchev–Trinajstić information content (AvgIpc) is 2.71. The third-order valence-electron chi connectivity index (χ3n) is 3.45. The average molecular weight is 239 g/mol. The Hall–Kier alpha value is -0.760. The van der Waals surface area contributed by atoms with Crippen LogP contribution in [0.15, 0.2) is 12.3 Å². The highest BCUT2D eigenvalue weighted by atomic mass is 35.5. The van der Waals surface area contributed by atoms with Crippen LogP contribution in [0.5, 0.6) is 0 Å². The Morgan fingerprint density at radius 2 is 2.31 bits per heavy atom. The van der Waals surface area contributed by atoms with E-state index in [-0.39, 0.29) is 0 Å². The lowest BCUT2D eigenvalue weighted by atomic mass is 10.1. The van der Waals surface area contributed by atoms with Gasteiger partial charge in [0.2, 0.25) is 0 Å². The summed E-state index contributed by atoms with van der Waals surface area (Å²) in [7, 11) is 0. The molecule has 1 N–H and O–H groups in total. The number of hydrogen-bond donors (Lipinski definition) is 1. The van der Waals surface area contributed by atoms with Crippen LogP contribution in [0.25, 0.3) is 0 Å². The molecule has 2 rings (SSSR count). The van der Waals surface area contributed by atoms with Gasteiger partial charge in [0.1, 0.15) is 0 Å². The normalized spacial score (nSPS) is 24.7. The second kappa shape index (κ2) is 5.05. The number of nitrogens with one attached hydrogen (secondary N) is 1. The van der Waals surface area contributed by atoms with E-state index in [9.17, 15) is 0 Å². The van der Waals surface area contributed by atoms with E-state index in [2.05, 4.69) is 23.3 Å². The van der Waals surface area contributed by atoms with Gasteiger partial charge in [-0.1, -0.05) is 24.9 Å². The Morgan fingerprint density at radius 1 is 1.50 bits per heavy atom. The number of aromatic nitrogens is 1. The lowest BCUT2D eigenvalue weighted by Gasteiger charge is -2.15. The largest absolute Gasteiger partial charge is 0.380 e. The fourth-order valence-electron chi connectivity index (χ4n) is 2.45. The summed E-state index contributed by atoms with van der Waals surface area (Å²) < 4.78 is 0. The van der Waals surface area contributed by atoms with Gasteiger partial charge < -0.3 is 5.32 Å². The van der Waals surface area contributed by atoms with E-state index in [1.807, 2.05) is 6.92 Å². The molecular formula is C13H19ClN2. The van der Waals surface area contributed by atoms with Crippen LogP contribution in [-0.2, 0) is 0 Å². The van der Waals surface area contributed by atoms with Gasteiger partial charge in [0.15, 0.2) is 5.15 Å². The molecule has 0 aromatic carbocycles. The fourth-order valence-corrected chi connectivity index (χ4v) is 2.61. The monoisotopic (exact) mass is 238 g/mol. The van der Waals surface area contributed by atoms with Crippen molar-refractivity contribution in [3.63, 3.8) is 0 Å². The Balaban J connectivity index is 2.01. The molecule has 1 aromatic rings. The van der Waals surface area contributed by atoms with Gasteiger partial charge in [0.05, 0.1) is 5.69 Å². The Bertz CT molecular complexity index is 365. The standard InChI is InChI=1S/C13H19ClN2/c1-3-10-4-5-11(7-10)16-12-6-9(2)8-15-13(12)14/h6,8,10-11,16H,3-5,7H2,1-2H3. The molecule has 0 spiro atoms. The zero-order valence-corrected chi connectivity index (χ0v) is 10.7. The molecule has 0 amide bonds. The lowest BCUT2D eigenvalue weighted by molar-refractivity contribution is 0.525. The molecule has 0 saturated heterocycles. The highest BCUT2D eigenvalue weighted by Gasteiger charge is 2.23. The molecule has 1 heterocycles. The first-order valence-corrected chi connectivity index (χ1v) is 6.45. The van der Waals surface area contributed by atoms with Crippen molar-refractivity contribution in [1.29, 1.82) is 0 Å². The number of nitrogens with zero attached hydrogens (tertiary/aromatic N) is 1. The molecule has 0 radical (unpaired) electrons. The minimum Gasteiger partial charge on any atom is -0.380 e. The smallest absolute Gasteiger partial charge is 0.152 e. The molecule has 1 saturated carbocycles. The van der Waals surface area contributed by atoms with Crippen LogP contribution >= 0.6 is 11.6 Å².